The van der Waals surface area contributed by atoms with Crippen LogP contribution in [0.3, 0.4) is 0 Å². The van der Waals surface area contributed by atoms with Crippen molar-refractivity contribution in [3.63, 3.8) is 0 Å². The minimum atomic E-state index is -0.569. The third-order valence-corrected chi connectivity index (χ3v) is 7.37. The van der Waals surface area contributed by atoms with Crippen molar-refractivity contribution >= 4 is 46.5 Å². The maximum Gasteiger partial charge on any atom is 0.410 e. The zero-order valence-electron chi connectivity index (χ0n) is 24.4. The van der Waals surface area contributed by atoms with Crippen molar-refractivity contribution in [2.24, 2.45) is 0 Å². The summed E-state index contributed by atoms with van der Waals surface area (Å²) in [6, 6.07) is 7.43. The van der Waals surface area contributed by atoms with E-state index in [0.29, 0.717) is 60.5 Å². The quantitative estimate of drug-likeness (QED) is 0.348. The van der Waals surface area contributed by atoms with E-state index in [1.54, 1.807) is 17.3 Å². The summed E-state index contributed by atoms with van der Waals surface area (Å²) < 4.78 is 17.4. The summed E-state index contributed by atoms with van der Waals surface area (Å²) in [4.78, 5) is 31.6. The lowest BCUT2D eigenvalue weighted by molar-refractivity contribution is -0.117. The molecule has 2 amide bonds. The number of carbonyl (C=O) groups is 2. The fourth-order valence-corrected chi connectivity index (χ4v) is 5.30. The van der Waals surface area contributed by atoms with Crippen LogP contribution in [0.15, 0.2) is 47.9 Å². The highest BCUT2D eigenvalue weighted by Crippen LogP contribution is 2.27. The number of morpholine rings is 1. The molecule has 226 valence electrons. The number of nitrogens with zero attached hydrogens (tertiary/aromatic N) is 2. The van der Waals surface area contributed by atoms with Gasteiger partial charge in [-0.1, -0.05) is 36.8 Å². The van der Waals surface area contributed by atoms with Crippen molar-refractivity contribution in [1.82, 2.24) is 20.5 Å². The first kappa shape index (κ1) is 31.5. The first-order chi connectivity index (χ1) is 20.1. The zero-order chi connectivity index (χ0) is 30.3. The molecule has 10 nitrogen and oxygen atoms in total. The van der Waals surface area contributed by atoms with Gasteiger partial charge in [0, 0.05) is 54.2 Å². The molecule has 3 N–H and O–H groups in total. The monoisotopic (exact) mass is 615 g/mol. The Bertz CT molecular complexity index is 1350. The van der Waals surface area contributed by atoms with E-state index in [-0.39, 0.29) is 24.7 Å². The van der Waals surface area contributed by atoms with Crippen LogP contribution in [0.2, 0.25) is 5.02 Å². The average molecular weight is 616 g/mol. The maximum atomic E-state index is 12.9. The Balaban J connectivity index is 1.42. The molecule has 2 aliphatic rings. The highest BCUT2D eigenvalue weighted by atomic mass is 35.5. The summed E-state index contributed by atoms with van der Waals surface area (Å²) in [5, 5.41) is 10.2. The maximum absolute atomic E-state index is 12.9. The minimum Gasteiger partial charge on any atom is -0.489 e. The molecule has 0 aliphatic carbocycles. The first-order valence-corrected chi connectivity index (χ1v) is 14.8. The van der Waals surface area contributed by atoms with E-state index >= 15 is 0 Å². The number of halogens is 1. The molecule has 1 saturated heterocycles. The molecule has 1 atom stereocenters. The average Bonchev–Trinajstić information content (AvgIpc) is 2.94. The van der Waals surface area contributed by atoms with Crippen LogP contribution in [0.25, 0.3) is 0 Å². The van der Waals surface area contributed by atoms with Crippen molar-refractivity contribution < 1.29 is 23.8 Å². The van der Waals surface area contributed by atoms with Crippen molar-refractivity contribution in [1.29, 1.82) is 0 Å². The van der Waals surface area contributed by atoms with E-state index in [1.807, 2.05) is 52.0 Å². The molecule has 0 spiro atoms. The fraction of sp³-hybridized carbons (Fsp3) is 0.467. The molecular formula is C30H38ClN5O5S. The number of thiocarbonyl (C=S) groups is 1. The summed E-state index contributed by atoms with van der Waals surface area (Å²) in [5.74, 6) is 0.342. The molecule has 2 aromatic rings. The zero-order valence-corrected chi connectivity index (χ0v) is 26.0. The normalized spacial score (nSPS) is 17.4. The van der Waals surface area contributed by atoms with Gasteiger partial charge in [0.15, 0.2) is 0 Å². The van der Waals surface area contributed by atoms with Crippen LogP contribution in [0.1, 0.15) is 45.2 Å². The van der Waals surface area contributed by atoms with Crippen molar-refractivity contribution in [3.05, 3.63) is 64.1 Å². The second kappa shape index (κ2) is 14.2. The minimum absolute atomic E-state index is 0.238. The summed E-state index contributed by atoms with van der Waals surface area (Å²) in [5.41, 5.74) is 3.13. The number of rotatable bonds is 9. The lowest BCUT2D eigenvalue weighted by Gasteiger charge is -2.34. The van der Waals surface area contributed by atoms with Crippen LogP contribution in [0.5, 0.6) is 5.75 Å². The molecule has 3 heterocycles. The Kier molecular flexibility index (Phi) is 10.6. The van der Waals surface area contributed by atoms with Crippen LogP contribution >= 0.6 is 23.8 Å². The SMILES string of the molecule is CCc1c(Cl)cccc1NC(=S)C1=C(NCc2ccncc2OC[C@@H]2CN(C(=O)OC(C)(C)C)CCO2)CCNC1=O. The van der Waals surface area contributed by atoms with Gasteiger partial charge in [-0.05, 0) is 51.0 Å². The lowest BCUT2D eigenvalue weighted by Crippen LogP contribution is -2.49. The molecule has 1 aromatic carbocycles. The van der Waals surface area contributed by atoms with Gasteiger partial charge in [0.2, 0.25) is 0 Å². The third-order valence-electron chi connectivity index (χ3n) is 6.71. The number of aromatic nitrogens is 1. The van der Waals surface area contributed by atoms with Crippen LogP contribution < -0.4 is 20.7 Å². The Labute approximate surface area is 257 Å². The van der Waals surface area contributed by atoms with Gasteiger partial charge in [-0.3, -0.25) is 9.78 Å². The van der Waals surface area contributed by atoms with Crippen LogP contribution in [-0.2, 0) is 27.2 Å². The number of anilines is 1. The number of benzene rings is 1. The molecule has 0 radical (unpaired) electrons. The number of pyridine rings is 1. The van der Waals surface area contributed by atoms with Gasteiger partial charge in [0.05, 0.1) is 24.9 Å². The fourth-order valence-electron chi connectivity index (χ4n) is 4.67. The standard InChI is InChI=1S/C30H38ClN5O5S/c1-5-21-22(31)7-6-8-23(21)35-28(42)26-24(10-12-33-27(26)37)34-15-19-9-11-32-16-25(19)40-18-20-17-36(13-14-39-20)29(38)41-30(2,3)4/h6-9,11,16,20,34H,5,10,12-15,17-18H2,1-4H3,(H,33,37)(H,35,42)/t20-/m0/s1. The molecule has 1 aromatic heterocycles. The molecule has 2 aliphatic heterocycles. The largest absolute Gasteiger partial charge is 0.489 e. The topological polar surface area (TPSA) is 114 Å². The van der Waals surface area contributed by atoms with Crippen molar-refractivity contribution in [2.75, 3.05) is 38.2 Å². The second-order valence-electron chi connectivity index (χ2n) is 11.0. The van der Waals surface area contributed by atoms with Crippen molar-refractivity contribution in [3.8, 4) is 5.75 Å². The second-order valence-corrected chi connectivity index (χ2v) is 11.8. The molecule has 0 bridgehead atoms. The number of hydrogen-bond acceptors (Lipinski definition) is 8. The van der Waals surface area contributed by atoms with E-state index in [1.165, 1.54) is 0 Å². The number of hydrogen-bond donors (Lipinski definition) is 3. The summed E-state index contributed by atoms with van der Waals surface area (Å²) in [6.45, 7) is 9.89. The van der Waals surface area contributed by atoms with E-state index in [4.69, 9.17) is 38.0 Å². The molecule has 0 saturated carbocycles. The Hall–Kier alpha value is -3.41. The molecule has 4 rings (SSSR count). The van der Waals surface area contributed by atoms with E-state index in [2.05, 4.69) is 20.9 Å². The van der Waals surface area contributed by atoms with Gasteiger partial charge in [-0.25, -0.2) is 4.79 Å². The van der Waals surface area contributed by atoms with Crippen LogP contribution in [-0.4, -0.2) is 71.4 Å². The molecular weight excluding hydrogens is 578 g/mol. The molecule has 0 unspecified atom stereocenters. The number of nitrogens with one attached hydrogen (secondary N) is 3. The summed E-state index contributed by atoms with van der Waals surface area (Å²) in [7, 11) is 0. The Morgan fingerprint density at radius 1 is 1.31 bits per heavy atom. The van der Waals surface area contributed by atoms with Gasteiger partial charge in [-0.2, -0.15) is 0 Å². The molecule has 1 fully saturated rings. The van der Waals surface area contributed by atoms with E-state index < -0.39 is 5.60 Å². The van der Waals surface area contributed by atoms with Crippen molar-refractivity contribution in [2.45, 2.75) is 58.8 Å². The lowest BCUT2D eigenvalue weighted by atomic mass is 10.0. The van der Waals surface area contributed by atoms with Gasteiger partial charge < -0.3 is 35.1 Å². The Morgan fingerprint density at radius 2 is 2.12 bits per heavy atom. The predicted molar refractivity (Wildman–Crippen MR) is 166 cm³/mol. The summed E-state index contributed by atoms with van der Waals surface area (Å²) in [6.07, 6.45) is 3.97. The van der Waals surface area contributed by atoms with Crippen LogP contribution in [0, 0.1) is 0 Å². The molecule has 12 heteroatoms. The van der Waals surface area contributed by atoms with Gasteiger partial charge >= 0.3 is 6.09 Å². The number of amides is 2. The highest BCUT2D eigenvalue weighted by Gasteiger charge is 2.29. The number of carbonyl (C=O) groups excluding carboxylic acids is 2. The smallest absolute Gasteiger partial charge is 0.410 e. The summed E-state index contributed by atoms with van der Waals surface area (Å²) >= 11 is 12.1. The van der Waals surface area contributed by atoms with Gasteiger partial charge in [-0.15, -0.1) is 0 Å². The van der Waals surface area contributed by atoms with E-state index in [9.17, 15) is 9.59 Å². The Morgan fingerprint density at radius 3 is 2.88 bits per heavy atom. The van der Waals surface area contributed by atoms with Gasteiger partial charge in [0.25, 0.3) is 5.91 Å². The van der Waals surface area contributed by atoms with E-state index in [0.717, 1.165) is 28.9 Å². The molecule has 42 heavy (non-hydrogen) atoms. The predicted octanol–water partition coefficient (Wildman–Crippen LogP) is 4.62. The third kappa shape index (κ3) is 8.33. The number of ether oxygens (including phenoxy) is 3. The highest BCUT2D eigenvalue weighted by molar-refractivity contribution is 7.81. The first-order valence-electron chi connectivity index (χ1n) is 14.0. The van der Waals surface area contributed by atoms with Gasteiger partial charge in [0.1, 0.15) is 29.0 Å². The van der Waals surface area contributed by atoms with Crippen LogP contribution in [0.4, 0.5) is 10.5 Å².